The van der Waals surface area contributed by atoms with E-state index in [4.69, 9.17) is 13.8 Å². The van der Waals surface area contributed by atoms with Crippen LogP contribution in [0.5, 0.6) is 5.75 Å². The molecule has 38 heavy (non-hydrogen) atoms. The molecule has 1 unspecified atom stereocenters. The number of nitrogens with one attached hydrogen (secondary N) is 1. The van der Waals surface area contributed by atoms with Crippen molar-refractivity contribution in [3.63, 3.8) is 0 Å². The number of hydrogen-bond donors (Lipinski definition) is 2. The van der Waals surface area contributed by atoms with Crippen molar-refractivity contribution in [3.8, 4) is 5.75 Å². The van der Waals surface area contributed by atoms with Crippen molar-refractivity contribution >= 4 is 19.3 Å². The van der Waals surface area contributed by atoms with Crippen molar-refractivity contribution in [1.29, 1.82) is 0 Å². The van der Waals surface area contributed by atoms with Crippen molar-refractivity contribution in [2.75, 3.05) is 26.0 Å². The number of fused-ring (bicyclic) bond motifs is 1. The molecule has 0 radical (unpaired) electrons. The summed E-state index contributed by atoms with van der Waals surface area (Å²) < 4.78 is 57.4. The molecule has 0 spiro atoms. The minimum atomic E-state index is -3.38. The van der Waals surface area contributed by atoms with Crippen LogP contribution in [0, 0.1) is 17.0 Å². The van der Waals surface area contributed by atoms with Crippen molar-refractivity contribution in [2.45, 2.75) is 46.9 Å². The van der Waals surface area contributed by atoms with Gasteiger partial charge in [-0.15, -0.1) is 0 Å². The maximum absolute atomic E-state index is 13.9. The van der Waals surface area contributed by atoms with Crippen LogP contribution in [-0.2, 0) is 31.4 Å². The summed E-state index contributed by atoms with van der Waals surface area (Å²) in [6.07, 6.45) is 0.304. The quantitative estimate of drug-likeness (QED) is 0.401. The molecule has 1 aromatic heterocycles. The predicted molar refractivity (Wildman–Crippen MR) is 133 cm³/mol. The smallest absolute Gasteiger partial charge is 0.332 e. The summed E-state index contributed by atoms with van der Waals surface area (Å²) in [6.45, 7) is 6.51. The Kier molecular flexibility index (Phi) is 9.25. The first-order valence-electron chi connectivity index (χ1n) is 12.1. The Morgan fingerprint density at radius 3 is 2.47 bits per heavy atom. The molecule has 0 fully saturated rings. The Balaban J connectivity index is 1.83. The van der Waals surface area contributed by atoms with E-state index >= 15 is 0 Å². The number of amides is 1. The van der Waals surface area contributed by atoms with Crippen molar-refractivity contribution in [1.82, 2.24) is 9.88 Å². The number of rotatable bonds is 11. The average Bonchev–Trinajstić information content (AvgIpc) is 2.84. The molecule has 1 aromatic carbocycles. The number of carbonyl (C=O) groups excluding carboxylic acids is 2. The van der Waals surface area contributed by atoms with E-state index in [1.807, 2.05) is 0 Å². The van der Waals surface area contributed by atoms with E-state index in [0.29, 0.717) is 6.07 Å². The molecule has 2 N–H and O–H groups in total. The monoisotopic (exact) mass is 556 g/mol. The molecular formula is C25H31F2N2O8P. The second kappa shape index (κ2) is 11.9. The lowest BCUT2D eigenvalue weighted by atomic mass is 9.77. The van der Waals surface area contributed by atoms with Crippen LogP contribution in [0.15, 0.2) is 29.2 Å². The molecule has 0 saturated carbocycles. The Hall–Kier alpha value is -2.92. The first kappa shape index (κ1) is 29.6. The molecule has 208 valence electrons. The van der Waals surface area contributed by atoms with Crippen molar-refractivity contribution < 1.29 is 41.8 Å². The SMILES string of the molecule is CCOP(=O)(CCOC1Cn2cc(C(=O)NCc3ccc(F)cc3F)c(=O)c(O)c2C(=O)C1(C)C)OCC. The van der Waals surface area contributed by atoms with Gasteiger partial charge in [0.05, 0.1) is 44.0 Å². The maximum Gasteiger partial charge on any atom is 0.332 e. The standard InChI is InChI=1S/C25H31F2N2O8P/c1-5-36-38(34,37-6-2)10-9-35-19-14-29-13-17(21(30)22(31)20(29)23(32)25(19,3)4)24(33)28-12-15-7-8-16(26)11-18(15)27/h7-8,11,13,19,31H,5-6,9-10,12,14H2,1-4H3,(H,28,33). The lowest BCUT2D eigenvalue weighted by molar-refractivity contribution is -0.0282. The number of ether oxygens (including phenoxy) is 1. The molecule has 2 heterocycles. The van der Waals surface area contributed by atoms with Gasteiger partial charge in [-0.3, -0.25) is 18.9 Å². The molecule has 0 saturated heterocycles. The zero-order chi connectivity index (χ0) is 28.3. The van der Waals surface area contributed by atoms with E-state index in [1.165, 1.54) is 4.57 Å². The van der Waals surface area contributed by atoms with Crippen LogP contribution in [0.1, 0.15) is 54.1 Å². The van der Waals surface area contributed by atoms with Gasteiger partial charge in [0, 0.05) is 24.4 Å². The van der Waals surface area contributed by atoms with Crippen LogP contribution in [0.2, 0.25) is 0 Å². The van der Waals surface area contributed by atoms with E-state index < -0.39 is 59.2 Å². The van der Waals surface area contributed by atoms with Crippen LogP contribution < -0.4 is 10.7 Å². The highest BCUT2D eigenvalue weighted by Gasteiger charge is 2.45. The third kappa shape index (κ3) is 6.20. The number of pyridine rings is 1. The first-order valence-corrected chi connectivity index (χ1v) is 13.8. The van der Waals surface area contributed by atoms with Crippen molar-refractivity contribution in [3.05, 3.63) is 63.1 Å². The van der Waals surface area contributed by atoms with Gasteiger partial charge in [0.2, 0.25) is 5.43 Å². The fourth-order valence-corrected chi connectivity index (χ4v) is 5.56. The zero-order valence-electron chi connectivity index (χ0n) is 21.6. The highest BCUT2D eigenvalue weighted by atomic mass is 31.2. The van der Waals surface area contributed by atoms with Crippen molar-refractivity contribution in [2.24, 2.45) is 5.41 Å². The van der Waals surface area contributed by atoms with Crippen LogP contribution in [-0.4, -0.2) is 53.5 Å². The van der Waals surface area contributed by atoms with Gasteiger partial charge in [-0.1, -0.05) is 6.07 Å². The minimum absolute atomic E-state index is 0.0104. The lowest BCUT2D eigenvalue weighted by Crippen LogP contribution is -2.48. The van der Waals surface area contributed by atoms with Gasteiger partial charge >= 0.3 is 7.60 Å². The maximum atomic E-state index is 13.9. The predicted octanol–water partition coefficient (Wildman–Crippen LogP) is 3.64. The van der Waals surface area contributed by atoms with Crippen LogP contribution in [0.4, 0.5) is 8.78 Å². The van der Waals surface area contributed by atoms with E-state index in [1.54, 1.807) is 27.7 Å². The summed E-state index contributed by atoms with van der Waals surface area (Å²) in [5.74, 6) is -4.05. The fraction of sp³-hybridized carbons (Fsp3) is 0.480. The summed E-state index contributed by atoms with van der Waals surface area (Å²) >= 11 is 0. The number of nitrogens with zero attached hydrogens (tertiary/aromatic N) is 1. The summed E-state index contributed by atoms with van der Waals surface area (Å²) in [5, 5.41) is 12.9. The second-order valence-corrected chi connectivity index (χ2v) is 11.4. The molecule has 13 heteroatoms. The van der Waals surface area contributed by atoms with Crippen LogP contribution >= 0.6 is 7.60 Å². The Bertz CT molecular complexity index is 1320. The topological polar surface area (TPSA) is 133 Å². The Morgan fingerprint density at radius 1 is 1.21 bits per heavy atom. The molecule has 1 atom stereocenters. The molecule has 0 bridgehead atoms. The third-order valence-corrected chi connectivity index (χ3v) is 8.29. The Morgan fingerprint density at radius 2 is 1.87 bits per heavy atom. The number of aromatic hydroxyl groups is 1. The summed E-state index contributed by atoms with van der Waals surface area (Å²) in [7, 11) is -3.38. The van der Waals surface area contributed by atoms with Gasteiger partial charge in [0.15, 0.2) is 11.5 Å². The largest absolute Gasteiger partial charge is 0.503 e. The normalized spacial score (nSPS) is 16.8. The highest BCUT2D eigenvalue weighted by molar-refractivity contribution is 7.53. The molecule has 3 rings (SSSR count). The van der Waals surface area contributed by atoms with Crippen LogP contribution in [0.25, 0.3) is 0 Å². The first-order chi connectivity index (χ1) is 17.8. The summed E-state index contributed by atoms with van der Waals surface area (Å²) in [6, 6.07) is 2.84. The number of aromatic nitrogens is 1. The number of halogens is 2. The summed E-state index contributed by atoms with van der Waals surface area (Å²) in [5.41, 5.74) is -2.99. The van der Waals surface area contributed by atoms with E-state index in [2.05, 4.69) is 5.32 Å². The minimum Gasteiger partial charge on any atom is -0.503 e. The molecule has 2 aromatic rings. The van der Waals surface area contributed by atoms with Gasteiger partial charge in [0.1, 0.15) is 22.9 Å². The van der Waals surface area contributed by atoms with Gasteiger partial charge in [0.25, 0.3) is 5.91 Å². The number of Topliss-reactive ketones (excluding diaryl/α,β-unsaturated/α-hetero) is 1. The Labute approximate surface area is 218 Å². The van der Waals surface area contributed by atoms with E-state index in [0.717, 1.165) is 18.3 Å². The third-order valence-electron chi connectivity index (χ3n) is 6.26. The van der Waals surface area contributed by atoms with Gasteiger partial charge in [-0.05, 0) is 33.8 Å². The highest BCUT2D eigenvalue weighted by Crippen LogP contribution is 2.48. The van der Waals surface area contributed by atoms with E-state index in [-0.39, 0.29) is 50.3 Å². The average molecular weight is 556 g/mol. The number of carbonyl (C=O) groups is 2. The summed E-state index contributed by atoms with van der Waals surface area (Å²) in [4.78, 5) is 38.8. The van der Waals surface area contributed by atoms with Gasteiger partial charge in [-0.25, -0.2) is 8.78 Å². The molecule has 1 aliphatic rings. The van der Waals surface area contributed by atoms with Gasteiger partial charge in [-0.2, -0.15) is 0 Å². The molecule has 10 nitrogen and oxygen atoms in total. The van der Waals surface area contributed by atoms with E-state index in [9.17, 15) is 32.8 Å². The molecule has 1 amide bonds. The fourth-order valence-electron chi connectivity index (χ4n) is 4.12. The van der Waals surface area contributed by atoms with Gasteiger partial charge < -0.3 is 28.8 Å². The van der Waals surface area contributed by atoms with Crippen LogP contribution in [0.3, 0.4) is 0 Å². The number of benzene rings is 1. The second-order valence-electron chi connectivity index (χ2n) is 9.22. The number of ketones is 1. The molecular weight excluding hydrogens is 525 g/mol. The molecule has 0 aliphatic carbocycles. The lowest BCUT2D eigenvalue weighted by Gasteiger charge is -2.39. The number of hydrogen-bond acceptors (Lipinski definition) is 8. The zero-order valence-corrected chi connectivity index (χ0v) is 22.5. The molecule has 1 aliphatic heterocycles.